The lowest BCUT2D eigenvalue weighted by Crippen LogP contribution is -2.39. The number of ether oxygens (including phenoxy) is 3. The molecule has 3 aromatic rings. The van der Waals surface area contributed by atoms with Crippen LogP contribution in [0.1, 0.15) is 25.7 Å². The quantitative estimate of drug-likeness (QED) is 0.368. The molecule has 2 aromatic carbocycles. The predicted molar refractivity (Wildman–Crippen MR) is 148 cm³/mol. The minimum atomic E-state index is -0.191. The first kappa shape index (κ1) is 26.7. The van der Waals surface area contributed by atoms with Gasteiger partial charge in [0.05, 0.1) is 24.6 Å². The Kier molecular flexibility index (Phi) is 8.81. The second kappa shape index (κ2) is 12.2. The molecule has 0 saturated carbocycles. The lowest BCUT2D eigenvalue weighted by Gasteiger charge is -2.27. The molecule has 0 spiro atoms. The van der Waals surface area contributed by atoms with Crippen LogP contribution in [-0.4, -0.2) is 74.0 Å². The lowest BCUT2D eigenvalue weighted by molar-refractivity contribution is -0.129. The van der Waals surface area contributed by atoms with E-state index in [1.54, 1.807) is 32.0 Å². The van der Waals surface area contributed by atoms with Crippen molar-refractivity contribution in [1.82, 2.24) is 14.9 Å². The summed E-state index contributed by atoms with van der Waals surface area (Å²) in [6, 6.07) is 11.5. The highest BCUT2D eigenvalue weighted by Crippen LogP contribution is 2.37. The average Bonchev–Trinajstić information content (AvgIpc) is 2.93. The number of nitrogen functional groups attached to an aromatic ring is 1. The lowest BCUT2D eigenvalue weighted by atomic mass is 10.2. The number of hydrogen-bond donors (Lipinski definition) is 1. The molecule has 1 atom stereocenters. The van der Waals surface area contributed by atoms with Crippen LogP contribution in [0.25, 0.3) is 10.9 Å². The molecule has 0 bridgehead atoms. The van der Waals surface area contributed by atoms with Gasteiger partial charge in [0.1, 0.15) is 23.4 Å². The Morgan fingerprint density at radius 1 is 1.05 bits per heavy atom. The molecule has 1 aliphatic heterocycles. The molecule has 4 rings (SSSR count). The molecule has 1 aromatic heterocycles. The number of nitrogens with two attached hydrogens (primary N) is 1. The number of amides is 1. The molecule has 10 heteroatoms. The van der Waals surface area contributed by atoms with Crippen LogP contribution >= 0.6 is 11.8 Å². The van der Waals surface area contributed by atoms with Crippen molar-refractivity contribution >= 4 is 40.3 Å². The van der Waals surface area contributed by atoms with Gasteiger partial charge in [-0.25, -0.2) is 4.98 Å². The summed E-state index contributed by atoms with van der Waals surface area (Å²) in [5, 5.41) is 0.542. The summed E-state index contributed by atoms with van der Waals surface area (Å²) in [6.07, 6.45) is 4.04. The number of thioether (sulfide) groups is 1. The van der Waals surface area contributed by atoms with Crippen LogP contribution in [0.4, 0.5) is 11.8 Å². The minimum absolute atomic E-state index is 0.125. The normalized spacial score (nSPS) is 14.5. The number of para-hydroxylation sites is 1. The first-order valence-corrected chi connectivity index (χ1v) is 13.3. The van der Waals surface area contributed by atoms with Gasteiger partial charge >= 0.3 is 0 Å². The maximum absolute atomic E-state index is 12.9. The van der Waals surface area contributed by atoms with Crippen LogP contribution in [0.3, 0.4) is 0 Å². The molecule has 198 valence electrons. The maximum atomic E-state index is 12.9. The zero-order chi connectivity index (χ0) is 26.4. The Bertz CT molecular complexity index is 1240. The van der Waals surface area contributed by atoms with E-state index in [2.05, 4.69) is 9.97 Å². The van der Waals surface area contributed by atoms with E-state index in [4.69, 9.17) is 19.9 Å². The second-order valence-electron chi connectivity index (χ2n) is 9.09. The van der Waals surface area contributed by atoms with Gasteiger partial charge < -0.3 is 29.7 Å². The van der Waals surface area contributed by atoms with Crippen LogP contribution in [0.5, 0.6) is 17.2 Å². The first-order chi connectivity index (χ1) is 17.9. The smallest absolute Gasteiger partial charge is 0.239 e. The highest BCUT2D eigenvalue weighted by Gasteiger charge is 2.28. The van der Waals surface area contributed by atoms with E-state index in [0.717, 1.165) is 54.8 Å². The third kappa shape index (κ3) is 6.30. The van der Waals surface area contributed by atoms with Crippen molar-refractivity contribution in [2.24, 2.45) is 0 Å². The second-order valence-corrected chi connectivity index (χ2v) is 10.3. The van der Waals surface area contributed by atoms with Crippen molar-refractivity contribution in [3.63, 3.8) is 0 Å². The molecule has 0 saturated heterocycles. The Morgan fingerprint density at radius 3 is 2.51 bits per heavy atom. The van der Waals surface area contributed by atoms with Gasteiger partial charge in [-0.1, -0.05) is 25.0 Å². The minimum Gasteiger partial charge on any atom is -0.493 e. The van der Waals surface area contributed by atoms with Gasteiger partial charge in [-0.05, 0) is 31.0 Å². The number of nitrogens with zero attached hydrogens (tertiary/aromatic N) is 4. The monoisotopic (exact) mass is 525 g/mol. The van der Waals surface area contributed by atoms with Crippen molar-refractivity contribution in [3.05, 3.63) is 36.4 Å². The third-order valence-corrected chi connectivity index (χ3v) is 7.67. The molecular formula is C27H35N5O4S. The van der Waals surface area contributed by atoms with E-state index in [0.29, 0.717) is 35.4 Å². The number of unbranched alkanes of at least 4 members (excludes halogenated alkanes) is 3. The van der Waals surface area contributed by atoms with Crippen molar-refractivity contribution < 1.29 is 19.0 Å². The number of anilines is 2. The van der Waals surface area contributed by atoms with Crippen molar-refractivity contribution in [1.29, 1.82) is 0 Å². The number of aromatic nitrogens is 2. The van der Waals surface area contributed by atoms with Crippen LogP contribution < -0.4 is 24.8 Å². The number of fused-ring (bicyclic) bond motifs is 2. The molecular weight excluding hydrogens is 490 g/mol. The third-order valence-electron chi connectivity index (χ3n) is 6.46. The largest absolute Gasteiger partial charge is 0.493 e. The number of benzene rings is 2. The Labute approximate surface area is 222 Å². The summed E-state index contributed by atoms with van der Waals surface area (Å²) in [4.78, 5) is 26.9. The summed E-state index contributed by atoms with van der Waals surface area (Å²) >= 11 is 1.59. The molecule has 37 heavy (non-hydrogen) atoms. The first-order valence-electron chi connectivity index (χ1n) is 12.4. The number of hydrogen-bond acceptors (Lipinski definition) is 9. The number of methoxy groups -OCH3 is 2. The van der Waals surface area contributed by atoms with E-state index >= 15 is 0 Å². The summed E-state index contributed by atoms with van der Waals surface area (Å²) in [6.45, 7) is 1.96. The van der Waals surface area contributed by atoms with Gasteiger partial charge in [0.2, 0.25) is 11.9 Å². The van der Waals surface area contributed by atoms with Crippen molar-refractivity contribution in [2.75, 3.05) is 58.6 Å². The molecule has 2 N–H and O–H groups in total. The fraction of sp³-hybridized carbons (Fsp3) is 0.444. The topological polar surface area (TPSA) is 103 Å². The van der Waals surface area contributed by atoms with Gasteiger partial charge in [0.25, 0.3) is 0 Å². The van der Waals surface area contributed by atoms with E-state index in [1.807, 2.05) is 54.2 Å². The average molecular weight is 526 g/mol. The van der Waals surface area contributed by atoms with E-state index in [1.165, 1.54) is 0 Å². The Balaban J connectivity index is 1.21. The summed E-state index contributed by atoms with van der Waals surface area (Å²) in [7, 11) is 7.03. The standard InChI is InChI=1S/C27H35N5O4S/c1-31(26(33)24-17-36-20-11-7-8-12-23(20)37-24)13-9-5-6-10-14-32(2)27-29-19-16-22(35-4)21(34-3)15-18(19)25(28)30-27/h7-8,11-12,15-16,24H,5-6,9-10,13-14,17H2,1-4H3,(H2,28,29,30). The molecule has 9 nitrogen and oxygen atoms in total. The molecule has 0 fully saturated rings. The van der Waals surface area contributed by atoms with Crippen molar-refractivity contribution in [2.45, 2.75) is 35.8 Å². The fourth-order valence-electron chi connectivity index (χ4n) is 4.29. The molecule has 2 heterocycles. The summed E-state index contributed by atoms with van der Waals surface area (Å²) < 4.78 is 16.5. The number of rotatable bonds is 11. The van der Waals surface area contributed by atoms with Crippen LogP contribution in [0.2, 0.25) is 0 Å². The highest BCUT2D eigenvalue weighted by molar-refractivity contribution is 8.00. The molecule has 1 amide bonds. The Hall–Kier alpha value is -3.40. The number of carbonyl (C=O) groups is 1. The van der Waals surface area contributed by atoms with Crippen LogP contribution in [0.15, 0.2) is 41.3 Å². The molecule has 1 aliphatic rings. The maximum Gasteiger partial charge on any atom is 0.239 e. The van der Waals surface area contributed by atoms with Crippen molar-refractivity contribution in [3.8, 4) is 17.2 Å². The van der Waals surface area contributed by atoms with Crippen LogP contribution in [-0.2, 0) is 4.79 Å². The van der Waals surface area contributed by atoms with Gasteiger partial charge in [0, 0.05) is 38.6 Å². The zero-order valence-corrected chi connectivity index (χ0v) is 22.7. The molecule has 0 aliphatic carbocycles. The SMILES string of the molecule is COc1cc2nc(N(C)CCCCCCN(C)C(=O)C3COc4ccccc4S3)nc(N)c2cc1OC. The van der Waals surface area contributed by atoms with Gasteiger partial charge in [-0.15, -0.1) is 11.8 Å². The van der Waals surface area contributed by atoms with E-state index in [-0.39, 0.29) is 11.2 Å². The zero-order valence-electron chi connectivity index (χ0n) is 21.9. The predicted octanol–water partition coefficient (Wildman–Crippen LogP) is 4.24. The molecule has 0 radical (unpaired) electrons. The Morgan fingerprint density at radius 2 is 1.76 bits per heavy atom. The summed E-state index contributed by atoms with van der Waals surface area (Å²) in [5.41, 5.74) is 6.93. The van der Waals surface area contributed by atoms with Gasteiger partial charge in [-0.3, -0.25) is 4.79 Å². The van der Waals surface area contributed by atoms with E-state index in [9.17, 15) is 4.79 Å². The molecule has 1 unspecified atom stereocenters. The summed E-state index contributed by atoms with van der Waals surface area (Å²) in [5.74, 6) is 3.17. The fourth-order valence-corrected chi connectivity index (χ4v) is 5.41. The van der Waals surface area contributed by atoms with E-state index < -0.39 is 0 Å². The van der Waals surface area contributed by atoms with Crippen LogP contribution in [0, 0.1) is 0 Å². The number of carbonyl (C=O) groups excluding carboxylic acids is 1. The van der Waals surface area contributed by atoms with Gasteiger partial charge in [-0.2, -0.15) is 4.98 Å². The highest BCUT2D eigenvalue weighted by atomic mass is 32.2. The van der Waals surface area contributed by atoms with Gasteiger partial charge in [0.15, 0.2) is 11.5 Å².